The molecular weight excluding hydrogens is 234 g/mol. The molecular formula is C12H21N3O3. The second-order valence-electron chi connectivity index (χ2n) is 4.81. The van der Waals surface area contributed by atoms with Gasteiger partial charge in [0.05, 0.1) is 5.54 Å². The fourth-order valence-corrected chi connectivity index (χ4v) is 1.91. The molecule has 1 heterocycles. The smallest absolute Gasteiger partial charge is 0.237 e. The first-order chi connectivity index (χ1) is 8.40. The van der Waals surface area contributed by atoms with Crippen molar-refractivity contribution in [2.75, 3.05) is 13.1 Å². The van der Waals surface area contributed by atoms with E-state index < -0.39 is 11.4 Å². The Kier molecular flexibility index (Phi) is 4.84. The second-order valence-corrected chi connectivity index (χ2v) is 4.81. The van der Waals surface area contributed by atoms with E-state index in [2.05, 4.69) is 5.32 Å². The Morgan fingerprint density at radius 2 is 1.94 bits per heavy atom. The highest BCUT2D eigenvalue weighted by Gasteiger charge is 2.34. The molecule has 1 atom stereocenters. The van der Waals surface area contributed by atoms with Crippen molar-refractivity contribution in [2.45, 2.75) is 45.1 Å². The molecule has 1 saturated heterocycles. The van der Waals surface area contributed by atoms with Crippen LogP contribution in [0.15, 0.2) is 0 Å². The minimum Gasteiger partial charge on any atom is -0.368 e. The summed E-state index contributed by atoms with van der Waals surface area (Å²) in [7, 11) is 0. The number of carbonyl (C=O) groups excluding carboxylic acids is 3. The summed E-state index contributed by atoms with van der Waals surface area (Å²) in [6.45, 7) is 4.60. The highest BCUT2D eigenvalue weighted by molar-refractivity contribution is 6.02. The number of rotatable bonds is 7. The Labute approximate surface area is 107 Å². The Morgan fingerprint density at radius 1 is 1.39 bits per heavy atom. The summed E-state index contributed by atoms with van der Waals surface area (Å²) in [5, 5.41) is 3.08. The lowest BCUT2D eigenvalue weighted by Crippen LogP contribution is -2.55. The molecule has 1 aliphatic heterocycles. The quantitative estimate of drug-likeness (QED) is 0.615. The summed E-state index contributed by atoms with van der Waals surface area (Å²) in [4.78, 5) is 35.6. The Morgan fingerprint density at radius 3 is 2.39 bits per heavy atom. The zero-order valence-electron chi connectivity index (χ0n) is 11.0. The maximum Gasteiger partial charge on any atom is 0.237 e. The summed E-state index contributed by atoms with van der Waals surface area (Å²) in [6.07, 6.45) is 1.77. The van der Waals surface area contributed by atoms with Crippen LogP contribution in [-0.4, -0.2) is 41.2 Å². The lowest BCUT2D eigenvalue weighted by atomic mass is 9.96. The van der Waals surface area contributed by atoms with Crippen molar-refractivity contribution in [1.29, 1.82) is 0 Å². The zero-order chi connectivity index (χ0) is 13.8. The molecule has 0 aromatic heterocycles. The van der Waals surface area contributed by atoms with Gasteiger partial charge in [-0.05, 0) is 26.3 Å². The fraction of sp³-hybridized carbons (Fsp3) is 0.750. The summed E-state index contributed by atoms with van der Waals surface area (Å²) in [5.74, 6) is -0.792. The monoisotopic (exact) mass is 255 g/mol. The number of nitrogens with two attached hydrogens (primary N) is 1. The molecule has 18 heavy (non-hydrogen) atoms. The standard InChI is InChI=1S/C12H21N3O3/c1-3-7-14-12(2,11(13)18)6-8-15-9(16)4-5-10(15)17/h14H,3-8H2,1-2H3,(H2,13,18). The zero-order valence-corrected chi connectivity index (χ0v) is 11.0. The minimum atomic E-state index is -0.876. The van der Waals surface area contributed by atoms with Crippen molar-refractivity contribution >= 4 is 17.7 Å². The summed E-state index contributed by atoms with van der Waals surface area (Å²) in [5.41, 5.74) is 4.50. The van der Waals surface area contributed by atoms with Crippen LogP contribution < -0.4 is 11.1 Å². The van der Waals surface area contributed by atoms with Crippen molar-refractivity contribution in [1.82, 2.24) is 10.2 Å². The first kappa shape index (κ1) is 14.6. The topological polar surface area (TPSA) is 92.5 Å². The number of nitrogens with zero attached hydrogens (tertiary/aromatic N) is 1. The first-order valence-corrected chi connectivity index (χ1v) is 6.29. The van der Waals surface area contributed by atoms with Crippen LogP contribution in [0.4, 0.5) is 0 Å². The Bertz CT molecular complexity index is 340. The summed E-state index contributed by atoms with van der Waals surface area (Å²) in [6, 6.07) is 0. The van der Waals surface area contributed by atoms with Gasteiger partial charge in [-0.15, -0.1) is 0 Å². The molecule has 1 fully saturated rings. The van der Waals surface area contributed by atoms with Gasteiger partial charge in [0, 0.05) is 19.4 Å². The van der Waals surface area contributed by atoms with E-state index in [1.807, 2.05) is 6.92 Å². The van der Waals surface area contributed by atoms with E-state index in [1.165, 1.54) is 4.90 Å². The van der Waals surface area contributed by atoms with E-state index in [9.17, 15) is 14.4 Å². The van der Waals surface area contributed by atoms with Crippen LogP contribution in [0, 0.1) is 0 Å². The van der Waals surface area contributed by atoms with E-state index in [-0.39, 0.29) is 31.2 Å². The van der Waals surface area contributed by atoms with Gasteiger partial charge in [-0.1, -0.05) is 6.92 Å². The fourth-order valence-electron chi connectivity index (χ4n) is 1.91. The van der Waals surface area contributed by atoms with E-state index in [4.69, 9.17) is 5.73 Å². The van der Waals surface area contributed by atoms with Gasteiger partial charge in [-0.3, -0.25) is 19.3 Å². The molecule has 1 unspecified atom stereocenters. The van der Waals surface area contributed by atoms with Gasteiger partial charge >= 0.3 is 0 Å². The molecule has 0 radical (unpaired) electrons. The summed E-state index contributed by atoms with van der Waals surface area (Å²) < 4.78 is 0. The van der Waals surface area contributed by atoms with Crippen LogP contribution in [0.25, 0.3) is 0 Å². The van der Waals surface area contributed by atoms with E-state index >= 15 is 0 Å². The number of imide groups is 1. The minimum absolute atomic E-state index is 0.165. The van der Waals surface area contributed by atoms with Crippen molar-refractivity contribution in [3.8, 4) is 0 Å². The molecule has 1 aliphatic rings. The van der Waals surface area contributed by atoms with Crippen molar-refractivity contribution < 1.29 is 14.4 Å². The van der Waals surface area contributed by atoms with Crippen molar-refractivity contribution in [2.24, 2.45) is 5.73 Å². The lowest BCUT2D eigenvalue weighted by Gasteiger charge is -2.29. The van der Waals surface area contributed by atoms with E-state index in [0.29, 0.717) is 13.0 Å². The number of carbonyl (C=O) groups is 3. The van der Waals surface area contributed by atoms with Crippen LogP contribution in [-0.2, 0) is 14.4 Å². The molecule has 0 saturated carbocycles. The SMILES string of the molecule is CCCNC(C)(CCN1C(=O)CCC1=O)C(N)=O. The van der Waals surface area contributed by atoms with Gasteiger partial charge in [0.25, 0.3) is 0 Å². The van der Waals surface area contributed by atoms with Crippen molar-refractivity contribution in [3.63, 3.8) is 0 Å². The van der Waals surface area contributed by atoms with Gasteiger partial charge in [-0.25, -0.2) is 0 Å². The second kappa shape index (κ2) is 5.95. The van der Waals surface area contributed by atoms with Crippen LogP contribution in [0.2, 0.25) is 0 Å². The highest BCUT2D eigenvalue weighted by atomic mass is 16.2. The molecule has 0 bridgehead atoms. The highest BCUT2D eigenvalue weighted by Crippen LogP contribution is 2.16. The normalized spacial score (nSPS) is 19.1. The van der Waals surface area contributed by atoms with Crippen LogP contribution in [0.3, 0.4) is 0 Å². The van der Waals surface area contributed by atoms with Crippen LogP contribution in [0.1, 0.15) is 39.5 Å². The van der Waals surface area contributed by atoms with Crippen LogP contribution in [0.5, 0.6) is 0 Å². The average Bonchev–Trinajstić information content (AvgIpc) is 2.64. The van der Waals surface area contributed by atoms with Gasteiger partial charge in [0.2, 0.25) is 17.7 Å². The molecule has 0 spiro atoms. The number of nitrogens with one attached hydrogen (secondary N) is 1. The maximum atomic E-state index is 11.5. The molecule has 0 aromatic rings. The molecule has 6 heteroatoms. The molecule has 3 N–H and O–H groups in total. The van der Waals surface area contributed by atoms with Gasteiger partial charge in [-0.2, -0.15) is 0 Å². The van der Waals surface area contributed by atoms with Gasteiger partial charge in [0.15, 0.2) is 0 Å². The number of hydrogen-bond donors (Lipinski definition) is 2. The molecule has 0 aliphatic carbocycles. The molecule has 0 aromatic carbocycles. The van der Waals surface area contributed by atoms with Crippen molar-refractivity contribution in [3.05, 3.63) is 0 Å². The molecule has 3 amide bonds. The number of likely N-dealkylation sites (tertiary alicyclic amines) is 1. The molecule has 1 rings (SSSR count). The van der Waals surface area contributed by atoms with E-state index in [1.54, 1.807) is 6.92 Å². The van der Waals surface area contributed by atoms with Crippen LogP contribution >= 0.6 is 0 Å². The third-order valence-corrected chi connectivity index (χ3v) is 3.30. The Hall–Kier alpha value is -1.43. The predicted molar refractivity (Wildman–Crippen MR) is 66.5 cm³/mol. The number of amides is 3. The molecule has 6 nitrogen and oxygen atoms in total. The Balaban J connectivity index is 2.59. The third-order valence-electron chi connectivity index (χ3n) is 3.30. The summed E-state index contributed by atoms with van der Waals surface area (Å²) >= 11 is 0. The number of hydrogen-bond acceptors (Lipinski definition) is 4. The lowest BCUT2D eigenvalue weighted by molar-refractivity contribution is -0.139. The van der Waals surface area contributed by atoms with E-state index in [0.717, 1.165) is 6.42 Å². The average molecular weight is 255 g/mol. The number of primary amides is 1. The first-order valence-electron chi connectivity index (χ1n) is 6.29. The maximum absolute atomic E-state index is 11.5. The third kappa shape index (κ3) is 3.29. The van der Waals surface area contributed by atoms with Gasteiger partial charge < -0.3 is 11.1 Å². The largest absolute Gasteiger partial charge is 0.368 e. The molecule has 102 valence electrons. The predicted octanol–water partition coefficient (Wildman–Crippen LogP) is -0.231. The van der Waals surface area contributed by atoms with Gasteiger partial charge in [0.1, 0.15) is 0 Å².